The molecule has 0 aliphatic rings. The molecule has 0 atom stereocenters. The lowest BCUT2D eigenvalue weighted by Crippen LogP contribution is -1.99. The normalized spacial score (nSPS) is 11.0. The number of halogens is 1. The first kappa shape index (κ1) is 18.6. The molecule has 0 aliphatic heterocycles. The van der Waals surface area contributed by atoms with Crippen LogP contribution in [-0.2, 0) is 0 Å². The summed E-state index contributed by atoms with van der Waals surface area (Å²) in [7, 11) is 4.61. The molecule has 27 heavy (non-hydrogen) atoms. The SMILES string of the molecule is COc1cc(OC)c(OC)cc1/C=N/n1c(-c2ccccc2F)n[nH]c1=S. The van der Waals surface area contributed by atoms with Gasteiger partial charge in [-0.25, -0.2) is 9.49 Å². The maximum atomic E-state index is 14.1. The molecule has 0 radical (unpaired) electrons. The molecule has 0 fully saturated rings. The molecule has 0 saturated heterocycles. The molecule has 3 aromatic rings. The number of nitrogens with one attached hydrogen (secondary N) is 1. The Morgan fingerprint density at radius 2 is 1.74 bits per heavy atom. The average molecular weight is 388 g/mol. The van der Waals surface area contributed by atoms with Crippen molar-refractivity contribution < 1.29 is 18.6 Å². The van der Waals surface area contributed by atoms with Crippen LogP contribution in [0.25, 0.3) is 11.4 Å². The summed E-state index contributed by atoms with van der Waals surface area (Å²) in [6.07, 6.45) is 1.52. The van der Waals surface area contributed by atoms with Crippen molar-refractivity contribution in [3.63, 3.8) is 0 Å². The van der Waals surface area contributed by atoms with Crippen molar-refractivity contribution in [2.24, 2.45) is 5.10 Å². The van der Waals surface area contributed by atoms with Gasteiger partial charge >= 0.3 is 0 Å². The van der Waals surface area contributed by atoms with Crippen molar-refractivity contribution in [2.75, 3.05) is 21.3 Å². The van der Waals surface area contributed by atoms with Crippen LogP contribution in [0.2, 0.25) is 0 Å². The zero-order valence-electron chi connectivity index (χ0n) is 14.9. The van der Waals surface area contributed by atoms with E-state index in [1.807, 2.05) is 0 Å². The second kappa shape index (κ2) is 8.00. The second-order valence-corrected chi connectivity index (χ2v) is 5.72. The van der Waals surface area contributed by atoms with Gasteiger partial charge in [0.05, 0.1) is 33.1 Å². The summed E-state index contributed by atoms with van der Waals surface area (Å²) >= 11 is 5.21. The summed E-state index contributed by atoms with van der Waals surface area (Å²) in [6, 6.07) is 9.66. The molecule has 0 unspecified atom stereocenters. The van der Waals surface area contributed by atoms with Crippen LogP contribution in [0, 0.1) is 10.6 Å². The van der Waals surface area contributed by atoms with E-state index in [0.717, 1.165) is 0 Å². The molecule has 140 valence electrons. The number of aromatic amines is 1. The van der Waals surface area contributed by atoms with Crippen molar-refractivity contribution in [3.8, 4) is 28.6 Å². The van der Waals surface area contributed by atoms with Crippen LogP contribution in [0.3, 0.4) is 0 Å². The van der Waals surface area contributed by atoms with E-state index < -0.39 is 5.82 Å². The van der Waals surface area contributed by atoms with Gasteiger partial charge in [-0.05, 0) is 30.4 Å². The van der Waals surface area contributed by atoms with Gasteiger partial charge in [0, 0.05) is 11.6 Å². The Kier molecular flexibility index (Phi) is 5.51. The van der Waals surface area contributed by atoms with Gasteiger partial charge in [0.25, 0.3) is 0 Å². The minimum Gasteiger partial charge on any atom is -0.496 e. The molecular weight excluding hydrogens is 371 g/mol. The predicted molar refractivity (Wildman–Crippen MR) is 102 cm³/mol. The number of ether oxygens (including phenoxy) is 3. The number of nitrogens with zero attached hydrogens (tertiary/aromatic N) is 3. The minimum atomic E-state index is -0.424. The van der Waals surface area contributed by atoms with E-state index in [2.05, 4.69) is 15.3 Å². The summed E-state index contributed by atoms with van der Waals surface area (Å²) in [5.74, 6) is 1.41. The molecule has 1 N–H and O–H groups in total. The zero-order chi connectivity index (χ0) is 19.4. The van der Waals surface area contributed by atoms with Crippen LogP contribution in [0.1, 0.15) is 5.56 Å². The fourth-order valence-corrected chi connectivity index (χ4v) is 2.67. The average Bonchev–Trinajstić information content (AvgIpc) is 3.06. The van der Waals surface area contributed by atoms with E-state index in [1.54, 1.807) is 30.3 Å². The Morgan fingerprint density at radius 3 is 2.41 bits per heavy atom. The largest absolute Gasteiger partial charge is 0.496 e. The first-order valence-electron chi connectivity index (χ1n) is 7.85. The number of benzene rings is 2. The number of rotatable bonds is 6. The number of H-pyrrole nitrogens is 1. The molecular formula is C18H17FN4O3S. The Bertz CT molecular complexity index is 1050. The lowest BCUT2D eigenvalue weighted by atomic mass is 10.2. The molecule has 1 aromatic heterocycles. The van der Waals surface area contributed by atoms with E-state index >= 15 is 0 Å². The molecule has 0 amide bonds. The summed E-state index contributed by atoms with van der Waals surface area (Å²) in [5.41, 5.74) is 0.902. The second-order valence-electron chi connectivity index (χ2n) is 5.34. The van der Waals surface area contributed by atoms with Gasteiger partial charge in [-0.15, -0.1) is 0 Å². The van der Waals surface area contributed by atoms with Gasteiger partial charge in [0.15, 0.2) is 17.3 Å². The molecule has 7 nitrogen and oxygen atoms in total. The summed E-state index contributed by atoms with van der Waals surface area (Å²) in [6.45, 7) is 0. The fraction of sp³-hybridized carbons (Fsp3) is 0.167. The lowest BCUT2D eigenvalue weighted by Gasteiger charge is -2.11. The van der Waals surface area contributed by atoms with Crippen LogP contribution in [-0.4, -0.2) is 42.4 Å². The van der Waals surface area contributed by atoms with Gasteiger partial charge in [0.1, 0.15) is 11.6 Å². The maximum Gasteiger partial charge on any atom is 0.216 e. The van der Waals surface area contributed by atoms with E-state index in [9.17, 15) is 4.39 Å². The third-order valence-corrected chi connectivity index (χ3v) is 4.08. The third kappa shape index (κ3) is 3.68. The Hall–Kier alpha value is -3.20. The molecule has 1 heterocycles. The summed E-state index contributed by atoms with van der Waals surface area (Å²) in [4.78, 5) is 0. The highest BCUT2D eigenvalue weighted by Gasteiger charge is 2.14. The Labute approximate surface area is 160 Å². The zero-order valence-corrected chi connectivity index (χ0v) is 15.7. The number of hydrogen-bond donors (Lipinski definition) is 1. The van der Waals surface area contributed by atoms with Crippen molar-refractivity contribution in [1.29, 1.82) is 0 Å². The molecule has 0 saturated carbocycles. The van der Waals surface area contributed by atoms with E-state index in [4.69, 9.17) is 26.4 Å². The van der Waals surface area contributed by atoms with Gasteiger partial charge in [-0.3, -0.25) is 0 Å². The van der Waals surface area contributed by atoms with Gasteiger partial charge in [-0.2, -0.15) is 14.9 Å². The van der Waals surface area contributed by atoms with Crippen molar-refractivity contribution in [3.05, 3.63) is 52.5 Å². The van der Waals surface area contributed by atoms with Crippen molar-refractivity contribution in [2.45, 2.75) is 0 Å². The molecule has 0 spiro atoms. The monoisotopic (exact) mass is 388 g/mol. The number of hydrogen-bond acceptors (Lipinski definition) is 6. The van der Waals surface area contributed by atoms with E-state index in [1.165, 1.54) is 38.3 Å². The molecule has 0 bridgehead atoms. The van der Waals surface area contributed by atoms with Gasteiger partial charge in [-0.1, -0.05) is 12.1 Å². The first-order chi connectivity index (χ1) is 13.1. The molecule has 0 aliphatic carbocycles. The van der Waals surface area contributed by atoms with Gasteiger partial charge in [0.2, 0.25) is 4.77 Å². The maximum absolute atomic E-state index is 14.1. The number of aromatic nitrogens is 3. The third-order valence-electron chi connectivity index (χ3n) is 3.81. The highest BCUT2D eigenvalue weighted by molar-refractivity contribution is 7.71. The smallest absolute Gasteiger partial charge is 0.216 e. The van der Waals surface area contributed by atoms with Gasteiger partial charge < -0.3 is 14.2 Å². The van der Waals surface area contributed by atoms with Crippen LogP contribution >= 0.6 is 12.2 Å². The predicted octanol–water partition coefficient (Wildman–Crippen LogP) is 3.65. The molecule has 9 heteroatoms. The van der Waals surface area contributed by atoms with E-state index in [-0.39, 0.29) is 16.2 Å². The Balaban J connectivity index is 2.07. The minimum absolute atomic E-state index is 0.226. The van der Waals surface area contributed by atoms with Crippen LogP contribution < -0.4 is 14.2 Å². The molecule has 2 aromatic carbocycles. The van der Waals surface area contributed by atoms with Crippen LogP contribution in [0.15, 0.2) is 41.5 Å². The van der Waals surface area contributed by atoms with Crippen molar-refractivity contribution >= 4 is 18.4 Å². The van der Waals surface area contributed by atoms with E-state index in [0.29, 0.717) is 22.8 Å². The lowest BCUT2D eigenvalue weighted by molar-refractivity contribution is 0.349. The highest BCUT2D eigenvalue weighted by atomic mass is 32.1. The Morgan fingerprint density at radius 1 is 1.07 bits per heavy atom. The van der Waals surface area contributed by atoms with Crippen molar-refractivity contribution in [1.82, 2.24) is 14.9 Å². The molecule has 3 rings (SSSR count). The first-order valence-corrected chi connectivity index (χ1v) is 8.26. The summed E-state index contributed by atoms with van der Waals surface area (Å²) in [5, 5.41) is 11.1. The quantitative estimate of drug-likeness (QED) is 0.515. The highest BCUT2D eigenvalue weighted by Crippen LogP contribution is 2.33. The topological polar surface area (TPSA) is 73.7 Å². The summed E-state index contributed by atoms with van der Waals surface area (Å²) < 4.78 is 31.6. The van der Waals surface area contributed by atoms with Crippen LogP contribution in [0.4, 0.5) is 4.39 Å². The fourth-order valence-electron chi connectivity index (χ4n) is 2.49. The standard InChI is InChI=1S/C18H17FN4O3S/c1-24-14-9-16(26-3)15(25-2)8-11(14)10-20-23-17(21-22-18(23)27)12-6-4-5-7-13(12)19/h4-10H,1-3H3,(H,22,27)/b20-10+. The van der Waals surface area contributed by atoms with Crippen LogP contribution in [0.5, 0.6) is 17.2 Å². The number of methoxy groups -OCH3 is 3.